The lowest BCUT2D eigenvalue weighted by molar-refractivity contribution is -0.138. The van der Waals surface area contributed by atoms with Crippen molar-refractivity contribution in [3.05, 3.63) is 69.8 Å². The Kier molecular flexibility index (Phi) is 10.7. The Morgan fingerprint density at radius 2 is 1.06 bits per heavy atom. The SMILES string of the molecule is O=C1CCC(N2Cc3c(CCCCCCCCCCCCc4cccc5c4C(=O)N(C4CCC(=O)NC4=O)C5)cccc3C2=O)C(=O)N1. The molecule has 48 heavy (non-hydrogen) atoms. The summed E-state index contributed by atoms with van der Waals surface area (Å²) < 4.78 is 0. The fourth-order valence-corrected chi connectivity index (χ4v) is 7.83. The molecule has 2 aromatic carbocycles. The molecule has 0 radical (unpaired) electrons. The van der Waals surface area contributed by atoms with Gasteiger partial charge >= 0.3 is 0 Å². The van der Waals surface area contributed by atoms with Crippen LogP contribution in [0.2, 0.25) is 0 Å². The highest BCUT2D eigenvalue weighted by Gasteiger charge is 2.41. The van der Waals surface area contributed by atoms with Crippen LogP contribution in [-0.4, -0.2) is 57.3 Å². The van der Waals surface area contributed by atoms with E-state index >= 15 is 0 Å². The highest BCUT2D eigenvalue weighted by atomic mass is 16.2. The maximum absolute atomic E-state index is 13.3. The Labute approximate surface area is 282 Å². The molecule has 0 bridgehead atoms. The largest absolute Gasteiger partial charge is 0.322 e. The molecule has 0 spiro atoms. The number of carbonyl (C=O) groups excluding carboxylic acids is 6. The molecule has 2 atom stereocenters. The molecule has 0 saturated carbocycles. The summed E-state index contributed by atoms with van der Waals surface area (Å²) in [6.45, 7) is 0.861. The molecule has 2 unspecified atom stereocenters. The third-order valence-electron chi connectivity index (χ3n) is 10.5. The number of fused-ring (bicyclic) bond motifs is 2. The zero-order chi connectivity index (χ0) is 33.6. The van der Waals surface area contributed by atoms with Gasteiger partial charge in [0.2, 0.25) is 23.6 Å². The number of nitrogens with zero attached hydrogens (tertiary/aromatic N) is 2. The van der Waals surface area contributed by atoms with Crippen LogP contribution in [-0.2, 0) is 45.1 Å². The molecule has 2 saturated heterocycles. The Hall–Kier alpha value is -4.34. The van der Waals surface area contributed by atoms with Gasteiger partial charge in [0.15, 0.2) is 0 Å². The fourth-order valence-electron chi connectivity index (χ4n) is 7.83. The zero-order valence-electron chi connectivity index (χ0n) is 27.7. The lowest BCUT2D eigenvalue weighted by Gasteiger charge is -2.29. The highest BCUT2D eigenvalue weighted by Crippen LogP contribution is 2.32. The average molecular weight is 655 g/mol. The van der Waals surface area contributed by atoms with Gasteiger partial charge in [-0.3, -0.25) is 39.4 Å². The number of piperidine rings is 2. The number of imide groups is 2. The number of hydrogen-bond acceptors (Lipinski definition) is 6. The Morgan fingerprint density at radius 3 is 1.65 bits per heavy atom. The zero-order valence-corrected chi connectivity index (χ0v) is 27.7. The standard InChI is InChI=1S/C38H46N4O6/c43-32-21-19-30(35(45)39-32)41-23-27-17-11-16-26(34(27)38(41)48)14-10-8-6-4-2-1-3-5-7-9-13-25-15-12-18-28-29(25)24-42(37(28)47)31-20-22-33(44)40-36(31)46/h11-12,15-18,30-31H,1-10,13-14,19-24H2,(H,39,43,45)(H,40,44,46). The minimum Gasteiger partial charge on any atom is -0.322 e. The van der Waals surface area contributed by atoms with Crippen LogP contribution in [0.15, 0.2) is 36.4 Å². The molecule has 6 rings (SSSR count). The maximum Gasteiger partial charge on any atom is 0.255 e. The van der Waals surface area contributed by atoms with Gasteiger partial charge in [-0.1, -0.05) is 81.7 Å². The molecule has 2 aromatic rings. The average Bonchev–Trinajstić information content (AvgIpc) is 3.58. The minimum absolute atomic E-state index is 0.0886. The van der Waals surface area contributed by atoms with Gasteiger partial charge in [-0.25, -0.2) is 0 Å². The first-order valence-corrected chi connectivity index (χ1v) is 17.8. The predicted octanol–water partition coefficient (Wildman–Crippen LogP) is 4.89. The van der Waals surface area contributed by atoms with Crippen molar-refractivity contribution in [2.75, 3.05) is 0 Å². The predicted molar refractivity (Wildman–Crippen MR) is 179 cm³/mol. The number of rotatable bonds is 15. The van der Waals surface area contributed by atoms with Crippen LogP contribution in [0.25, 0.3) is 0 Å². The van der Waals surface area contributed by atoms with Gasteiger partial charge in [0.05, 0.1) is 0 Å². The fraction of sp³-hybridized carbons (Fsp3) is 0.526. The van der Waals surface area contributed by atoms with Crippen molar-refractivity contribution >= 4 is 35.4 Å². The van der Waals surface area contributed by atoms with Gasteiger partial charge in [0, 0.05) is 37.1 Å². The van der Waals surface area contributed by atoms with Crippen LogP contribution in [0.4, 0.5) is 0 Å². The summed E-state index contributed by atoms with van der Waals surface area (Å²) in [4.78, 5) is 77.4. The summed E-state index contributed by atoms with van der Waals surface area (Å²) in [5.74, 6) is -1.49. The molecule has 10 nitrogen and oxygen atoms in total. The summed E-state index contributed by atoms with van der Waals surface area (Å²) in [7, 11) is 0. The topological polar surface area (TPSA) is 133 Å². The monoisotopic (exact) mass is 654 g/mol. The van der Waals surface area contributed by atoms with E-state index < -0.39 is 12.1 Å². The molecule has 4 aliphatic rings. The summed E-state index contributed by atoms with van der Waals surface area (Å²) >= 11 is 0. The van der Waals surface area contributed by atoms with E-state index in [2.05, 4.69) is 16.7 Å². The van der Waals surface area contributed by atoms with E-state index in [4.69, 9.17) is 0 Å². The van der Waals surface area contributed by atoms with Crippen molar-refractivity contribution in [3.63, 3.8) is 0 Å². The molecule has 6 amide bonds. The van der Waals surface area contributed by atoms with E-state index in [-0.39, 0.29) is 48.3 Å². The number of benzene rings is 2. The van der Waals surface area contributed by atoms with Crippen LogP contribution in [0, 0.1) is 0 Å². The van der Waals surface area contributed by atoms with Gasteiger partial charge in [-0.05, 0) is 66.8 Å². The number of carbonyl (C=O) groups is 6. The van der Waals surface area contributed by atoms with E-state index in [9.17, 15) is 28.8 Å². The molecule has 2 N–H and O–H groups in total. The van der Waals surface area contributed by atoms with Crippen LogP contribution < -0.4 is 10.6 Å². The minimum atomic E-state index is -0.578. The van der Waals surface area contributed by atoms with Crippen molar-refractivity contribution in [1.82, 2.24) is 20.4 Å². The number of unbranched alkanes of at least 4 members (excludes halogenated alkanes) is 9. The van der Waals surface area contributed by atoms with Crippen molar-refractivity contribution in [2.45, 2.75) is 128 Å². The lowest BCUT2D eigenvalue weighted by Crippen LogP contribution is -2.52. The molecular weight excluding hydrogens is 608 g/mol. The number of hydrogen-bond donors (Lipinski definition) is 2. The van der Waals surface area contributed by atoms with Gasteiger partial charge in [-0.2, -0.15) is 0 Å². The van der Waals surface area contributed by atoms with Crippen molar-refractivity contribution in [3.8, 4) is 0 Å². The molecule has 2 fully saturated rings. The molecular formula is C38H46N4O6. The highest BCUT2D eigenvalue weighted by molar-refractivity contribution is 6.06. The summed E-state index contributed by atoms with van der Waals surface area (Å²) in [5, 5.41) is 4.74. The Bertz CT molecular complexity index is 1600. The maximum atomic E-state index is 13.3. The molecule has 0 aromatic heterocycles. The Morgan fingerprint density at radius 1 is 0.562 bits per heavy atom. The van der Waals surface area contributed by atoms with Crippen LogP contribution in [0.5, 0.6) is 0 Å². The van der Waals surface area contributed by atoms with E-state index in [1.165, 1.54) is 44.1 Å². The van der Waals surface area contributed by atoms with Crippen LogP contribution in [0.3, 0.4) is 0 Å². The summed E-state index contributed by atoms with van der Waals surface area (Å²) in [6.07, 6.45) is 14.7. The van der Waals surface area contributed by atoms with E-state index in [1.807, 2.05) is 30.3 Å². The normalized spacial score (nSPS) is 20.7. The van der Waals surface area contributed by atoms with Crippen molar-refractivity contribution in [2.24, 2.45) is 0 Å². The van der Waals surface area contributed by atoms with Gasteiger partial charge in [0.1, 0.15) is 12.1 Å². The number of aryl methyl sites for hydroxylation is 2. The van der Waals surface area contributed by atoms with Gasteiger partial charge in [0.25, 0.3) is 11.8 Å². The van der Waals surface area contributed by atoms with E-state index in [0.717, 1.165) is 60.8 Å². The number of amides is 6. The van der Waals surface area contributed by atoms with Crippen molar-refractivity contribution in [1.29, 1.82) is 0 Å². The second-order valence-electron chi connectivity index (χ2n) is 13.7. The number of nitrogens with one attached hydrogen (secondary N) is 2. The smallest absolute Gasteiger partial charge is 0.255 e. The first-order valence-electron chi connectivity index (χ1n) is 17.8. The van der Waals surface area contributed by atoms with Gasteiger partial charge < -0.3 is 9.80 Å². The third-order valence-corrected chi connectivity index (χ3v) is 10.5. The molecule has 0 aliphatic carbocycles. The quantitative estimate of drug-likeness (QED) is 0.208. The summed E-state index contributed by atoms with van der Waals surface area (Å²) in [5.41, 5.74) is 5.69. The summed E-state index contributed by atoms with van der Waals surface area (Å²) in [6, 6.07) is 10.7. The third kappa shape index (κ3) is 7.37. The van der Waals surface area contributed by atoms with Crippen LogP contribution in [0.1, 0.15) is 133 Å². The Balaban J connectivity index is 0.839. The molecule has 254 valence electrons. The first-order chi connectivity index (χ1) is 23.3. The second-order valence-corrected chi connectivity index (χ2v) is 13.7. The van der Waals surface area contributed by atoms with Crippen molar-refractivity contribution < 1.29 is 28.8 Å². The lowest BCUT2D eigenvalue weighted by atomic mass is 9.97. The van der Waals surface area contributed by atoms with E-state index in [1.54, 1.807) is 9.80 Å². The molecule has 4 heterocycles. The molecule has 4 aliphatic heterocycles. The first kappa shape index (κ1) is 33.6. The van der Waals surface area contributed by atoms with Crippen LogP contribution >= 0.6 is 0 Å². The van der Waals surface area contributed by atoms with E-state index in [0.29, 0.717) is 31.5 Å². The second kappa shape index (κ2) is 15.3. The van der Waals surface area contributed by atoms with Gasteiger partial charge in [-0.15, -0.1) is 0 Å². The molecule has 10 heteroatoms.